The van der Waals surface area contributed by atoms with Crippen LogP contribution in [0.1, 0.15) is 11.1 Å². The van der Waals surface area contributed by atoms with Crippen molar-refractivity contribution in [3.8, 4) is 0 Å². The molecular weight excluding hydrogens is 183 g/mol. The molecule has 1 heterocycles. The van der Waals surface area contributed by atoms with Crippen molar-refractivity contribution < 1.29 is 13.2 Å². The number of nitrogens with zero attached hydrogens (tertiary/aromatic N) is 1. The molecule has 0 radical (unpaired) electrons. The van der Waals surface area contributed by atoms with Gasteiger partial charge in [0.15, 0.2) is 0 Å². The summed E-state index contributed by atoms with van der Waals surface area (Å²) in [6, 6.07) is 0.850. The lowest BCUT2D eigenvalue weighted by molar-refractivity contribution is -0.139. The van der Waals surface area contributed by atoms with Gasteiger partial charge in [-0.1, -0.05) is 0 Å². The van der Waals surface area contributed by atoms with Gasteiger partial charge in [-0.15, -0.1) is 0 Å². The molecule has 0 aliphatic heterocycles. The van der Waals surface area contributed by atoms with Gasteiger partial charge in [0.1, 0.15) is 5.56 Å². The van der Waals surface area contributed by atoms with Crippen LogP contribution in [0.4, 0.5) is 13.2 Å². The predicted molar refractivity (Wildman–Crippen MR) is 41.4 cm³/mol. The fourth-order valence-electron chi connectivity index (χ4n) is 1.08. The Morgan fingerprint density at radius 3 is 2.38 bits per heavy atom. The third kappa shape index (κ3) is 1.91. The minimum Gasteiger partial charge on any atom is -0.318 e. The molecule has 0 aliphatic carbocycles. The van der Waals surface area contributed by atoms with Crippen molar-refractivity contribution in [1.82, 2.24) is 4.57 Å². The lowest BCUT2D eigenvalue weighted by Gasteiger charge is -2.08. The summed E-state index contributed by atoms with van der Waals surface area (Å²) in [4.78, 5) is 11.0. The van der Waals surface area contributed by atoms with E-state index in [-0.39, 0.29) is 0 Å². The normalized spacial score (nSPS) is 11.8. The first kappa shape index (κ1) is 9.83. The molecule has 0 aliphatic rings. The summed E-state index contributed by atoms with van der Waals surface area (Å²) in [6.07, 6.45) is -3.21. The van der Waals surface area contributed by atoms with Crippen molar-refractivity contribution in [2.45, 2.75) is 13.1 Å². The molecule has 0 bridgehead atoms. The molecule has 1 rings (SSSR count). The minimum atomic E-state index is -4.57. The average Bonchev–Trinajstić information content (AvgIpc) is 1.94. The van der Waals surface area contributed by atoms with Crippen LogP contribution in [0, 0.1) is 6.92 Å². The Morgan fingerprint density at radius 2 is 1.92 bits per heavy atom. The molecule has 0 saturated heterocycles. The second kappa shape index (κ2) is 2.90. The fraction of sp³-hybridized carbons (Fsp3) is 0.375. The highest BCUT2D eigenvalue weighted by Gasteiger charge is 2.34. The fourth-order valence-corrected chi connectivity index (χ4v) is 1.08. The monoisotopic (exact) mass is 191 g/mol. The Labute approximate surface area is 72.6 Å². The third-order valence-corrected chi connectivity index (χ3v) is 1.63. The van der Waals surface area contributed by atoms with Gasteiger partial charge in [-0.2, -0.15) is 13.2 Å². The molecule has 0 fully saturated rings. The number of alkyl halides is 3. The molecule has 0 N–H and O–H groups in total. The van der Waals surface area contributed by atoms with Crippen LogP contribution in [0.25, 0.3) is 0 Å². The first-order chi connectivity index (χ1) is 5.82. The van der Waals surface area contributed by atoms with Crippen molar-refractivity contribution in [1.29, 1.82) is 0 Å². The van der Waals surface area contributed by atoms with Crippen molar-refractivity contribution in [3.63, 3.8) is 0 Å². The van der Waals surface area contributed by atoms with Gasteiger partial charge in [0.2, 0.25) is 0 Å². The number of rotatable bonds is 0. The molecule has 0 saturated carbocycles. The van der Waals surface area contributed by atoms with Crippen molar-refractivity contribution in [2.75, 3.05) is 0 Å². The van der Waals surface area contributed by atoms with E-state index in [1.165, 1.54) is 20.2 Å². The lowest BCUT2D eigenvalue weighted by atomic mass is 10.2. The number of hydrogen-bond donors (Lipinski definition) is 0. The summed E-state index contributed by atoms with van der Waals surface area (Å²) in [6.45, 7) is 1.51. The van der Waals surface area contributed by atoms with Crippen LogP contribution in [0.15, 0.2) is 17.1 Å². The van der Waals surface area contributed by atoms with Crippen LogP contribution < -0.4 is 5.56 Å². The van der Waals surface area contributed by atoms with E-state index in [1.54, 1.807) is 0 Å². The molecule has 13 heavy (non-hydrogen) atoms. The van der Waals surface area contributed by atoms with E-state index >= 15 is 0 Å². The van der Waals surface area contributed by atoms with Crippen LogP contribution in [0.3, 0.4) is 0 Å². The molecule has 0 spiro atoms. The topological polar surface area (TPSA) is 22.0 Å². The molecular formula is C8H8F3NO. The largest absolute Gasteiger partial charge is 0.421 e. The van der Waals surface area contributed by atoms with Gasteiger partial charge in [-0.25, -0.2) is 0 Å². The second-order valence-corrected chi connectivity index (χ2v) is 2.84. The van der Waals surface area contributed by atoms with Gasteiger partial charge in [0.25, 0.3) is 5.56 Å². The predicted octanol–water partition coefficient (Wildman–Crippen LogP) is 1.71. The molecule has 72 valence electrons. The molecule has 5 heteroatoms. The van der Waals surface area contributed by atoms with E-state index in [0.29, 0.717) is 5.56 Å². The number of pyridine rings is 1. The second-order valence-electron chi connectivity index (χ2n) is 2.84. The number of hydrogen-bond acceptors (Lipinski definition) is 1. The molecule has 1 aromatic rings. The first-order valence-electron chi connectivity index (χ1n) is 3.57. The van der Waals surface area contributed by atoms with Crippen LogP contribution in [-0.2, 0) is 13.2 Å². The minimum absolute atomic E-state index is 0.412. The smallest absolute Gasteiger partial charge is 0.318 e. The Hall–Kier alpha value is -1.26. The Bertz CT molecular complexity index is 378. The van der Waals surface area contributed by atoms with E-state index < -0.39 is 17.3 Å². The van der Waals surface area contributed by atoms with Crippen molar-refractivity contribution in [2.24, 2.45) is 7.05 Å². The molecule has 0 atom stereocenters. The van der Waals surface area contributed by atoms with Gasteiger partial charge in [0, 0.05) is 13.2 Å². The van der Waals surface area contributed by atoms with Gasteiger partial charge in [-0.3, -0.25) is 4.79 Å². The zero-order valence-electron chi connectivity index (χ0n) is 7.14. The quantitative estimate of drug-likeness (QED) is 0.611. The van der Waals surface area contributed by atoms with Crippen LogP contribution in [0.2, 0.25) is 0 Å². The zero-order valence-corrected chi connectivity index (χ0v) is 7.14. The standard InChI is InChI=1S/C8H8F3NO/c1-5-3-6(8(9,10)11)7(13)12(2)4-5/h3-4H,1-2H3. The van der Waals surface area contributed by atoms with Gasteiger partial charge < -0.3 is 4.57 Å². The summed E-state index contributed by atoms with van der Waals surface area (Å²) < 4.78 is 37.5. The first-order valence-corrected chi connectivity index (χ1v) is 3.57. The van der Waals surface area contributed by atoms with E-state index in [4.69, 9.17) is 0 Å². The zero-order chi connectivity index (χ0) is 10.2. The maximum Gasteiger partial charge on any atom is 0.421 e. The van der Waals surface area contributed by atoms with Gasteiger partial charge in [0.05, 0.1) is 0 Å². The van der Waals surface area contributed by atoms with Crippen LogP contribution >= 0.6 is 0 Å². The van der Waals surface area contributed by atoms with Crippen LogP contribution in [0.5, 0.6) is 0 Å². The Kier molecular flexibility index (Phi) is 2.19. The summed E-state index contributed by atoms with van der Waals surface area (Å²) in [5, 5.41) is 0. The maximum absolute atomic E-state index is 12.2. The Morgan fingerprint density at radius 1 is 1.38 bits per heavy atom. The number of aryl methyl sites for hydroxylation is 2. The Balaban J connectivity index is 3.47. The highest BCUT2D eigenvalue weighted by atomic mass is 19.4. The molecule has 0 amide bonds. The lowest BCUT2D eigenvalue weighted by Crippen LogP contribution is -2.26. The third-order valence-electron chi connectivity index (χ3n) is 1.63. The molecule has 0 unspecified atom stereocenters. The van der Waals surface area contributed by atoms with Gasteiger partial charge in [-0.05, 0) is 18.6 Å². The summed E-state index contributed by atoms with van der Waals surface area (Å²) in [5.41, 5.74) is -1.72. The summed E-state index contributed by atoms with van der Waals surface area (Å²) >= 11 is 0. The number of halogens is 3. The molecule has 1 aromatic heterocycles. The van der Waals surface area contributed by atoms with Gasteiger partial charge >= 0.3 is 6.18 Å². The van der Waals surface area contributed by atoms with Crippen LogP contribution in [-0.4, -0.2) is 4.57 Å². The van der Waals surface area contributed by atoms with E-state index in [0.717, 1.165) is 10.6 Å². The van der Waals surface area contributed by atoms with E-state index in [2.05, 4.69) is 0 Å². The SMILES string of the molecule is Cc1cc(C(F)(F)F)c(=O)n(C)c1. The summed E-state index contributed by atoms with van der Waals surface area (Å²) in [7, 11) is 1.30. The van der Waals surface area contributed by atoms with Crippen molar-refractivity contribution in [3.05, 3.63) is 33.7 Å². The highest BCUT2D eigenvalue weighted by molar-refractivity contribution is 5.20. The molecule has 0 aromatic carbocycles. The molecule has 2 nitrogen and oxygen atoms in total. The highest BCUT2D eigenvalue weighted by Crippen LogP contribution is 2.26. The van der Waals surface area contributed by atoms with E-state index in [9.17, 15) is 18.0 Å². The summed E-state index contributed by atoms with van der Waals surface area (Å²) in [5.74, 6) is 0. The maximum atomic E-state index is 12.2. The van der Waals surface area contributed by atoms with Crippen molar-refractivity contribution >= 4 is 0 Å². The number of aromatic nitrogens is 1. The van der Waals surface area contributed by atoms with E-state index in [1.807, 2.05) is 0 Å². The average molecular weight is 191 g/mol.